The van der Waals surface area contributed by atoms with Gasteiger partial charge in [0.1, 0.15) is 12.3 Å². The molecule has 2 saturated heterocycles. The van der Waals surface area contributed by atoms with E-state index in [0.29, 0.717) is 26.2 Å². The van der Waals surface area contributed by atoms with E-state index in [4.69, 9.17) is 4.74 Å². The highest BCUT2D eigenvalue weighted by molar-refractivity contribution is 5.96. The van der Waals surface area contributed by atoms with Crippen LogP contribution in [0, 0.1) is 0 Å². The zero-order valence-corrected chi connectivity index (χ0v) is 16.7. The molecule has 2 fully saturated rings. The van der Waals surface area contributed by atoms with Gasteiger partial charge < -0.3 is 19.4 Å². The van der Waals surface area contributed by atoms with Crippen LogP contribution in [0.5, 0.6) is 5.75 Å². The maximum absolute atomic E-state index is 12.7. The summed E-state index contributed by atoms with van der Waals surface area (Å²) in [6.07, 6.45) is 0. The van der Waals surface area contributed by atoms with Crippen molar-refractivity contribution in [3.8, 4) is 5.75 Å². The minimum atomic E-state index is -0.0959. The quantitative estimate of drug-likeness (QED) is 0.781. The Balaban J connectivity index is 1.29. The van der Waals surface area contributed by atoms with Crippen molar-refractivity contribution in [3.05, 3.63) is 54.6 Å². The number of carbonyl (C=O) groups excluding carboxylic acids is 2. The van der Waals surface area contributed by atoms with Crippen molar-refractivity contribution in [2.75, 3.05) is 62.7 Å². The van der Waals surface area contributed by atoms with Crippen LogP contribution < -0.4 is 14.5 Å². The molecule has 0 aromatic heterocycles. The molecule has 2 aromatic rings. The summed E-state index contributed by atoms with van der Waals surface area (Å²) in [5, 5.41) is 0. The number of anilines is 2. The zero-order chi connectivity index (χ0) is 20.2. The summed E-state index contributed by atoms with van der Waals surface area (Å²) in [6, 6.07) is 17.5. The summed E-state index contributed by atoms with van der Waals surface area (Å²) in [7, 11) is 1.66. The minimum absolute atomic E-state index is 0.0163. The normalized spacial score (nSPS) is 17.1. The van der Waals surface area contributed by atoms with Crippen molar-refractivity contribution in [2.45, 2.75) is 0 Å². The van der Waals surface area contributed by atoms with Gasteiger partial charge in [-0.15, -0.1) is 0 Å². The third-order valence-corrected chi connectivity index (χ3v) is 5.56. The number of para-hydroxylation sites is 1. The number of hydrogen-bond acceptors (Lipinski definition) is 4. The van der Waals surface area contributed by atoms with E-state index in [1.807, 2.05) is 59.5 Å². The molecule has 152 valence electrons. The SMILES string of the molecule is COc1ccc(N2CCN(C(=O)CN3CCN(c4ccccc4)C3=O)CC2)cc1. The number of ether oxygens (including phenoxy) is 1. The van der Waals surface area contributed by atoms with Crippen LogP contribution in [0.2, 0.25) is 0 Å². The van der Waals surface area contributed by atoms with E-state index in [-0.39, 0.29) is 18.5 Å². The van der Waals surface area contributed by atoms with Crippen molar-refractivity contribution in [3.63, 3.8) is 0 Å². The first-order chi connectivity index (χ1) is 14.2. The molecule has 7 heteroatoms. The van der Waals surface area contributed by atoms with Crippen molar-refractivity contribution in [1.82, 2.24) is 9.80 Å². The molecule has 0 N–H and O–H groups in total. The molecular formula is C22H26N4O3. The Bertz CT molecular complexity index is 848. The summed E-state index contributed by atoms with van der Waals surface area (Å²) < 4.78 is 5.21. The predicted molar refractivity (Wildman–Crippen MR) is 113 cm³/mol. The van der Waals surface area contributed by atoms with Gasteiger partial charge in [-0.05, 0) is 36.4 Å². The highest BCUT2D eigenvalue weighted by Crippen LogP contribution is 2.22. The van der Waals surface area contributed by atoms with E-state index in [1.165, 1.54) is 0 Å². The number of amides is 3. The highest BCUT2D eigenvalue weighted by Gasteiger charge is 2.32. The van der Waals surface area contributed by atoms with Gasteiger partial charge in [0.15, 0.2) is 0 Å². The van der Waals surface area contributed by atoms with Gasteiger partial charge in [-0.1, -0.05) is 18.2 Å². The smallest absolute Gasteiger partial charge is 0.325 e. The van der Waals surface area contributed by atoms with Crippen LogP contribution in [-0.2, 0) is 4.79 Å². The predicted octanol–water partition coefficient (Wildman–Crippen LogP) is 2.29. The second-order valence-corrected chi connectivity index (χ2v) is 7.26. The standard InChI is InChI=1S/C22H26N4O3/c1-29-20-9-7-18(8-10-20)23-11-13-24(14-12-23)21(27)17-25-15-16-26(22(25)28)19-5-3-2-4-6-19/h2-10H,11-17H2,1H3. The maximum atomic E-state index is 12.7. The number of hydrogen-bond donors (Lipinski definition) is 0. The Morgan fingerprint density at radius 2 is 1.55 bits per heavy atom. The lowest BCUT2D eigenvalue weighted by atomic mass is 10.2. The molecule has 4 rings (SSSR count). The molecular weight excluding hydrogens is 368 g/mol. The largest absolute Gasteiger partial charge is 0.497 e. The molecule has 0 saturated carbocycles. The van der Waals surface area contributed by atoms with Crippen molar-refractivity contribution in [2.24, 2.45) is 0 Å². The van der Waals surface area contributed by atoms with Gasteiger partial charge in [0.25, 0.3) is 0 Å². The van der Waals surface area contributed by atoms with Crippen LogP contribution in [0.15, 0.2) is 54.6 Å². The average molecular weight is 394 g/mol. The second-order valence-electron chi connectivity index (χ2n) is 7.26. The molecule has 0 radical (unpaired) electrons. The average Bonchev–Trinajstić information content (AvgIpc) is 3.14. The molecule has 29 heavy (non-hydrogen) atoms. The first kappa shape index (κ1) is 19.1. The Hall–Kier alpha value is -3.22. The van der Waals surface area contributed by atoms with Crippen molar-refractivity contribution >= 4 is 23.3 Å². The number of nitrogens with zero attached hydrogens (tertiary/aromatic N) is 4. The third kappa shape index (κ3) is 4.13. The molecule has 2 aliphatic rings. The van der Waals surface area contributed by atoms with Crippen LogP contribution in [0.3, 0.4) is 0 Å². The van der Waals surface area contributed by atoms with E-state index in [1.54, 1.807) is 16.9 Å². The van der Waals surface area contributed by atoms with Crippen molar-refractivity contribution in [1.29, 1.82) is 0 Å². The van der Waals surface area contributed by atoms with Gasteiger partial charge in [0, 0.05) is 50.6 Å². The van der Waals surface area contributed by atoms with Gasteiger partial charge in [-0.2, -0.15) is 0 Å². The molecule has 0 bridgehead atoms. The first-order valence-electron chi connectivity index (χ1n) is 9.94. The van der Waals surface area contributed by atoms with E-state index in [2.05, 4.69) is 4.90 Å². The minimum Gasteiger partial charge on any atom is -0.497 e. The Kier molecular flexibility index (Phi) is 5.55. The van der Waals surface area contributed by atoms with Gasteiger partial charge in [-0.3, -0.25) is 9.69 Å². The number of methoxy groups -OCH3 is 1. The van der Waals surface area contributed by atoms with Crippen LogP contribution in [0.25, 0.3) is 0 Å². The maximum Gasteiger partial charge on any atom is 0.325 e. The fourth-order valence-corrected chi connectivity index (χ4v) is 3.85. The summed E-state index contributed by atoms with van der Waals surface area (Å²) in [5.74, 6) is 0.852. The van der Waals surface area contributed by atoms with Crippen LogP contribution in [0.4, 0.5) is 16.2 Å². The van der Waals surface area contributed by atoms with Crippen LogP contribution >= 0.6 is 0 Å². The first-order valence-corrected chi connectivity index (χ1v) is 9.94. The van der Waals surface area contributed by atoms with Gasteiger partial charge in [-0.25, -0.2) is 4.79 Å². The summed E-state index contributed by atoms with van der Waals surface area (Å²) in [6.45, 7) is 4.21. The third-order valence-electron chi connectivity index (χ3n) is 5.56. The topological polar surface area (TPSA) is 56.3 Å². The van der Waals surface area contributed by atoms with Crippen molar-refractivity contribution < 1.29 is 14.3 Å². The van der Waals surface area contributed by atoms with Gasteiger partial charge >= 0.3 is 6.03 Å². The lowest BCUT2D eigenvalue weighted by molar-refractivity contribution is -0.131. The summed E-state index contributed by atoms with van der Waals surface area (Å²) in [4.78, 5) is 32.9. The van der Waals surface area contributed by atoms with E-state index in [0.717, 1.165) is 30.2 Å². The molecule has 0 atom stereocenters. The van der Waals surface area contributed by atoms with Gasteiger partial charge in [0.2, 0.25) is 5.91 Å². The van der Waals surface area contributed by atoms with Crippen LogP contribution in [-0.4, -0.2) is 74.7 Å². The number of piperazine rings is 1. The fourth-order valence-electron chi connectivity index (χ4n) is 3.85. The molecule has 2 aromatic carbocycles. The fraction of sp³-hybridized carbons (Fsp3) is 0.364. The number of benzene rings is 2. The van der Waals surface area contributed by atoms with E-state index >= 15 is 0 Å². The zero-order valence-electron chi connectivity index (χ0n) is 16.7. The molecule has 3 amide bonds. The van der Waals surface area contributed by atoms with Crippen LogP contribution in [0.1, 0.15) is 0 Å². The van der Waals surface area contributed by atoms with E-state index in [9.17, 15) is 9.59 Å². The lowest BCUT2D eigenvalue weighted by Gasteiger charge is -2.36. The number of carbonyl (C=O) groups is 2. The second kappa shape index (κ2) is 8.43. The molecule has 2 aliphatic heterocycles. The number of urea groups is 1. The molecule has 2 heterocycles. The molecule has 0 aliphatic carbocycles. The highest BCUT2D eigenvalue weighted by atomic mass is 16.5. The Morgan fingerprint density at radius 3 is 2.21 bits per heavy atom. The van der Waals surface area contributed by atoms with Gasteiger partial charge in [0.05, 0.1) is 7.11 Å². The Labute approximate surface area is 171 Å². The molecule has 7 nitrogen and oxygen atoms in total. The molecule has 0 unspecified atom stereocenters. The lowest BCUT2D eigenvalue weighted by Crippen LogP contribution is -2.51. The Morgan fingerprint density at radius 1 is 0.862 bits per heavy atom. The summed E-state index contributed by atoms with van der Waals surface area (Å²) >= 11 is 0. The molecule has 0 spiro atoms. The monoisotopic (exact) mass is 394 g/mol. The number of rotatable bonds is 5. The summed E-state index contributed by atoms with van der Waals surface area (Å²) in [5.41, 5.74) is 2.01. The van der Waals surface area contributed by atoms with E-state index < -0.39 is 0 Å².